The molecule has 1 aromatic rings. The lowest BCUT2D eigenvalue weighted by Gasteiger charge is -2.46. The number of rotatable bonds is 11. The molecule has 0 spiro atoms. The second kappa shape index (κ2) is 11.7. The third-order valence-corrected chi connectivity index (χ3v) is 8.83. The van der Waals surface area contributed by atoms with Gasteiger partial charge in [-0.25, -0.2) is 14.6 Å². The molecule has 4 N–H and O–H groups in total. The Morgan fingerprint density at radius 3 is 2.77 bits per heavy atom. The highest BCUT2D eigenvalue weighted by Crippen LogP contribution is 2.52. The highest BCUT2D eigenvalue weighted by atomic mass is 32.2. The van der Waals surface area contributed by atoms with E-state index >= 15 is 0 Å². The van der Waals surface area contributed by atoms with Gasteiger partial charge in [0.25, 0.3) is 0 Å². The Bertz CT molecular complexity index is 1220. The molecule has 210 valence electrons. The molecule has 4 rings (SSSR count). The first kappa shape index (κ1) is 28.4. The molecule has 6 atom stereocenters. The maximum atomic E-state index is 12.9. The van der Waals surface area contributed by atoms with Gasteiger partial charge in [0.05, 0.1) is 30.1 Å². The van der Waals surface area contributed by atoms with Crippen molar-refractivity contribution in [2.75, 3.05) is 13.2 Å². The summed E-state index contributed by atoms with van der Waals surface area (Å²) >= 11 is 1.39. The second-order valence-electron chi connectivity index (χ2n) is 9.98. The number of primary amides is 1. The first-order chi connectivity index (χ1) is 18.5. The maximum Gasteiger partial charge on any atom is 0.410 e. The number of carbonyl (C=O) groups excluding carboxylic acids is 3. The molecule has 1 aromatic heterocycles. The summed E-state index contributed by atoms with van der Waals surface area (Å²) in [6.45, 7) is 7.98. The van der Waals surface area contributed by atoms with Crippen molar-refractivity contribution in [1.29, 1.82) is 0 Å². The number of aliphatic carboxylic acids is 1. The molecule has 39 heavy (non-hydrogen) atoms. The zero-order valence-corrected chi connectivity index (χ0v) is 22.6. The maximum absolute atomic E-state index is 12.9. The van der Waals surface area contributed by atoms with Gasteiger partial charge in [-0.1, -0.05) is 19.6 Å². The van der Waals surface area contributed by atoms with E-state index < -0.39 is 36.0 Å². The van der Waals surface area contributed by atoms with E-state index in [1.807, 2.05) is 11.5 Å². The van der Waals surface area contributed by atoms with Crippen LogP contribution in [0.3, 0.4) is 0 Å². The third-order valence-electron chi connectivity index (χ3n) is 7.33. The number of ether oxygens (including phenoxy) is 1. The predicted octanol–water partition coefficient (Wildman–Crippen LogP) is 1.42. The number of imidazole rings is 1. The van der Waals surface area contributed by atoms with Crippen LogP contribution in [0.5, 0.6) is 0 Å². The van der Waals surface area contributed by atoms with Gasteiger partial charge in [0.1, 0.15) is 12.3 Å². The molecular formula is C26H33N5O7S. The SMILES string of the molecule is C=CCOC(=O)N1C[C@@H](SC2=C(C(=O)O)N3C(=O)[C@H]([C@@H](C)O)[C@H]3[C@H]2C)C[C@H]1CCn1cnc(C=CC(N)=O)c1. The van der Waals surface area contributed by atoms with Gasteiger partial charge >= 0.3 is 12.1 Å². The Hall–Kier alpha value is -3.58. The lowest BCUT2D eigenvalue weighted by atomic mass is 9.79. The van der Waals surface area contributed by atoms with E-state index in [0.29, 0.717) is 36.5 Å². The average Bonchev–Trinajstić information content (AvgIpc) is 3.56. The molecule has 2 fully saturated rings. The molecule has 0 aliphatic carbocycles. The van der Waals surface area contributed by atoms with E-state index in [1.165, 1.54) is 34.9 Å². The van der Waals surface area contributed by atoms with E-state index in [9.17, 15) is 29.4 Å². The van der Waals surface area contributed by atoms with Crippen molar-refractivity contribution in [1.82, 2.24) is 19.4 Å². The number of β-lactam (4-membered cyclic amide) rings is 1. The first-order valence-corrected chi connectivity index (χ1v) is 13.6. The lowest BCUT2D eigenvalue weighted by molar-refractivity contribution is -0.163. The molecule has 3 aliphatic heterocycles. The molecule has 0 radical (unpaired) electrons. The van der Waals surface area contributed by atoms with Gasteiger partial charge in [0.2, 0.25) is 11.8 Å². The van der Waals surface area contributed by atoms with E-state index in [2.05, 4.69) is 11.6 Å². The van der Waals surface area contributed by atoms with Crippen molar-refractivity contribution >= 4 is 41.7 Å². The Balaban J connectivity index is 1.49. The molecule has 3 aliphatic rings. The zero-order chi connectivity index (χ0) is 28.4. The zero-order valence-electron chi connectivity index (χ0n) is 21.8. The minimum atomic E-state index is -1.18. The number of amides is 3. The smallest absolute Gasteiger partial charge is 0.410 e. The highest BCUT2D eigenvalue weighted by molar-refractivity contribution is 8.03. The monoisotopic (exact) mass is 559 g/mol. The molecule has 4 heterocycles. The van der Waals surface area contributed by atoms with Gasteiger partial charge in [-0.3, -0.25) is 9.59 Å². The molecule has 2 saturated heterocycles. The summed E-state index contributed by atoms with van der Waals surface area (Å²) in [4.78, 5) is 56.5. The number of carbonyl (C=O) groups is 4. The van der Waals surface area contributed by atoms with Crippen LogP contribution in [0, 0.1) is 11.8 Å². The molecular weight excluding hydrogens is 526 g/mol. The predicted molar refractivity (Wildman–Crippen MR) is 143 cm³/mol. The molecule has 13 heteroatoms. The van der Waals surface area contributed by atoms with Crippen LogP contribution in [0.15, 0.2) is 41.9 Å². The fourth-order valence-corrected chi connectivity index (χ4v) is 7.14. The number of hydrogen-bond donors (Lipinski definition) is 3. The van der Waals surface area contributed by atoms with Crippen LogP contribution in [0.2, 0.25) is 0 Å². The van der Waals surface area contributed by atoms with Crippen molar-refractivity contribution < 1.29 is 34.1 Å². The molecule has 0 unspecified atom stereocenters. The number of aliphatic hydroxyl groups is 1. The van der Waals surface area contributed by atoms with E-state index in [4.69, 9.17) is 10.5 Å². The summed E-state index contributed by atoms with van der Waals surface area (Å²) < 4.78 is 7.17. The van der Waals surface area contributed by atoms with E-state index in [1.54, 1.807) is 24.3 Å². The van der Waals surface area contributed by atoms with Gasteiger partial charge in [0.15, 0.2) is 0 Å². The Kier molecular flexibility index (Phi) is 8.50. The fourth-order valence-electron chi connectivity index (χ4n) is 5.58. The van der Waals surface area contributed by atoms with Crippen molar-refractivity contribution in [2.24, 2.45) is 17.6 Å². The number of nitrogens with two attached hydrogens (primary N) is 1. The molecule has 12 nitrogen and oxygen atoms in total. The van der Waals surface area contributed by atoms with E-state index in [0.717, 1.165) is 0 Å². The van der Waals surface area contributed by atoms with Gasteiger partial charge in [-0.05, 0) is 25.8 Å². The standard InChI is InChI=1S/C26H33N5O7S/c1-4-9-38-26(37)30-12-18(10-17(30)7-8-29-11-16(28-13-29)5-6-19(27)33)39-23-14(2)21-20(15(3)32)24(34)31(21)22(23)25(35)36/h4-6,11,13-15,17-18,20-21,32H,1,7-10,12H2,2-3H3,(H2,27,33)(H,35,36)/t14-,15-,17-,18+,20-,21-/m1/s1. The summed E-state index contributed by atoms with van der Waals surface area (Å²) in [6, 6.07) is -0.572. The molecule has 0 saturated carbocycles. The van der Waals surface area contributed by atoms with Gasteiger partial charge in [0, 0.05) is 47.5 Å². The number of fused-ring (bicyclic) bond motifs is 1. The van der Waals surface area contributed by atoms with Gasteiger partial charge in [-0.2, -0.15) is 0 Å². The summed E-state index contributed by atoms with van der Waals surface area (Å²) in [6.07, 6.45) is 7.48. The van der Waals surface area contributed by atoms with Crippen molar-refractivity contribution in [3.05, 3.63) is 47.6 Å². The van der Waals surface area contributed by atoms with Gasteiger partial charge in [-0.15, -0.1) is 11.8 Å². The minimum Gasteiger partial charge on any atom is -0.477 e. The minimum absolute atomic E-state index is 0.0291. The largest absolute Gasteiger partial charge is 0.477 e. The van der Waals surface area contributed by atoms with Crippen LogP contribution in [-0.2, 0) is 25.7 Å². The summed E-state index contributed by atoms with van der Waals surface area (Å²) in [5, 5.41) is 19.9. The molecule has 0 aromatic carbocycles. The Morgan fingerprint density at radius 1 is 1.38 bits per heavy atom. The van der Waals surface area contributed by atoms with E-state index in [-0.39, 0.29) is 35.4 Å². The van der Waals surface area contributed by atoms with Crippen molar-refractivity contribution in [2.45, 2.75) is 56.7 Å². The number of nitrogens with zero attached hydrogens (tertiary/aromatic N) is 4. The van der Waals surface area contributed by atoms with Crippen LogP contribution in [-0.4, -0.2) is 90.0 Å². The van der Waals surface area contributed by atoms with Crippen LogP contribution in [0.1, 0.15) is 32.4 Å². The quantitative estimate of drug-likeness (QED) is 0.206. The third kappa shape index (κ3) is 5.74. The molecule has 3 amide bonds. The van der Waals surface area contributed by atoms with Crippen molar-refractivity contribution in [3.8, 4) is 0 Å². The van der Waals surface area contributed by atoms with Crippen LogP contribution in [0.4, 0.5) is 4.79 Å². The first-order valence-electron chi connectivity index (χ1n) is 12.7. The molecule has 0 bridgehead atoms. The number of aryl methyl sites for hydroxylation is 1. The average molecular weight is 560 g/mol. The second-order valence-corrected chi connectivity index (χ2v) is 11.3. The number of hydrogen-bond acceptors (Lipinski definition) is 8. The van der Waals surface area contributed by atoms with Crippen LogP contribution < -0.4 is 5.73 Å². The number of thioether (sulfide) groups is 1. The van der Waals surface area contributed by atoms with Crippen molar-refractivity contribution in [3.63, 3.8) is 0 Å². The van der Waals surface area contributed by atoms with Gasteiger partial charge < -0.3 is 35.1 Å². The Labute approximate surface area is 230 Å². The van der Waals surface area contributed by atoms with Crippen LogP contribution >= 0.6 is 11.8 Å². The number of carboxylic acid groups (broad SMARTS) is 1. The summed E-state index contributed by atoms with van der Waals surface area (Å²) in [5.41, 5.74) is 5.68. The summed E-state index contributed by atoms with van der Waals surface area (Å²) in [5.74, 6) is -3.01. The number of aliphatic hydroxyl groups excluding tert-OH is 1. The normalized spacial score (nSPS) is 27.1. The topological polar surface area (TPSA) is 168 Å². The summed E-state index contributed by atoms with van der Waals surface area (Å²) in [7, 11) is 0. The number of aromatic nitrogens is 2. The fraction of sp³-hybridized carbons (Fsp3) is 0.500. The lowest BCUT2D eigenvalue weighted by Crippen LogP contribution is -2.63. The number of likely N-dealkylation sites (tertiary alicyclic amines) is 1. The van der Waals surface area contributed by atoms with Crippen LogP contribution in [0.25, 0.3) is 6.08 Å². The highest BCUT2D eigenvalue weighted by Gasteiger charge is 2.60. The number of carboxylic acids is 1. The Morgan fingerprint density at radius 2 is 2.13 bits per heavy atom.